The summed E-state index contributed by atoms with van der Waals surface area (Å²) in [6, 6.07) is 7.07. The number of anilines is 2. The molecule has 1 saturated carbocycles. The van der Waals surface area contributed by atoms with Gasteiger partial charge in [-0.15, -0.1) is 0 Å². The van der Waals surface area contributed by atoms with E-state index in [1.165, 1.54) is 25.5 Å². The Bertz CT molecular complexity index is 943. The molecule has 0 amide bonds. The van der Waals surface area contributed by atoms with Gasteiger partial charge in [0.1, 0.15) is 0 Å². The van der Waals surface area contributed by atoms with Crippen LogP contribution in [0.2, 0.25) is 5.02 Å². The van der Waals surface area contributed by atoms with Crippen LogP contribution in [-0.2, 0) is 9.84 Å². The summed E-state index contributed by atoms with van der Waals surface area (Å²) in [5, 5.41) is 3.96. The molecule has 0 bridgehead atoms. The summed E-state index contributed by atoms with van der Waals surface area (Å²) in [6.07, 6.45) is 9.39. The molecule has 2 aromatic rings. The average Bonchev–Trinajstić information content (AvgIpc) is 3.48. The fraction of sp³-hybridized carbons (Fsp3) is 0.524. The second-order valence-electron chi connectivity index (χ2n) is 8.20. The predicted molar refractivity (Wildman–Crippen MR) is 116 cm³/mol. The molecule has 8 heteroatoms. The summed E-state index contributed by atoms with van der Waals surface area (Å²) >= 11 is 5.87. The van der Waals surface area contributed by atoms with Gasteiger partial charge in [-0.2, -0.15) is 0 Å². The maximum atomic E-state index is 11.7. The van der Waals surface area contributed by atoms with Gasteiger partial charge in [-0.3, -0.25) is 0 Å². The van der Waals surface area contributed by atoms with Gasteiger partial charge in [0.2, 0.25) is 5.95 Å². The fourth-order valence-corrected chi connectivity index (χ4v) is 5.18. The van der Waals surface area contributed by atoms with Crippen LogP contribution in [0.25, 0.3) is 0 Å². The van der Waals surface area contributed by atoms with Crippen LogP contribution in [0.5, 0.6) is 0 Å². The summed E-state index contributed by atoms with van der Waals surface area (Å²) in [5.41, 5.74) is 0.876. The van der Waals surface area contributed by atoms with Crippen LogP contribution in [0.15, 0.2) is 41.6 Å². The Hall–Kier alpha value is -1.86. The van der Waals surface area contributed by atoms with Crippen molar-refractivity contribution >= 4 is 33.1 Å². The number of hydrogen-bond acceptors (Lipinski definition) is 6. The molecule has 2 atom stereocenters. The Morgan fingerprint density at radius 3 is 2.62 bits per heavy atom. The van der Waals surface area contributed by atoms with Gasteiger partial charge >= 0.3 is 0 Å². The van der Waals surface area contributed by atoms with Crippen molar-refractivity contribution in [2.45, 2.75) is 30.6 Å². The van der Waals surface area contributed by atoms with Crippen molar-refractivity contribution in [3.63, 3.8) is 0 Å². The number of piperidine rings is 1. The third-order valence-electron chi connectivity index (χ3n) is 6.12. The summed E-state index contributed by atoms with van der Waals surface area (Å²) in [5.74, 6) is 3.18. The molecule has 29 heavy (non-hydrogen) atoms. The topological polar surface area (TPSA) is 75.2 Å². The van der Waals surface area contributed by atoms with Crippen LogP contribution in [0.3, 0.4) is 0 Å². The zero-order chi connectivity index (χ0) is 20.4. The SMILES string of the molecule is CS(=O)(=O)c1cccc(NCC[C@@H]2C[C@@H]2C2CCN(c3ncc(Cl)cn3)CC2)c1. The summed E-state index contributed by atoms with van der Waals surface area (Å²) in [4.78, 5) is 11.3. The van der Waals surface area contributed by atoms with Crippen molar-refractivity contribution in [1.29, 1.82) is 0 Å². The van der Waals surface area contributed by atoms with Gasteiger partial charge in [-0.05, 0) is 61.6 Å². The van der Waals surface area contributed by atoms with E-state index in [4.69, 9.17) is 11.6 Å². The lowest BCUT2D eigenvalue weighted by molar-refractivity contribution is 0.343. The maximum absolute atomic E-state index is 11.7. The quantitative estimate of drug-likeness (QED) is 0.712. The van der Waals surface area contributed by atoms with Crippen LogP contribution in [-0.4, -0.2) is 44.3 Å². The predicted octanol–water partition coefficient (Wildman–Crippen LogP) is 3.89. The molecule has 1 aliphatic heterocycles. The minimum absolute atomic E-state index is 0.364. The first kappa shape index (κ1) is 20.4. The number of nitrogens with zero attached hydrogens (tertiary/aromatic N) is 3. The highest BCUT2D eigenvalue weighted by molar-refractivity contribution is 7.90. The van der Waals surface area contributed by atoms with Crippen LogP contribution in [0, 0.1) is 17.8 Å². The highest BCUT2D eigenvalue weighted by atomic mass is 35.5. The van der Waals surface area contributed by atoms with Crippen molar-refractivity contribution in [1.82, 2.24) is 9.97 Å². The lowest BCUT2D eigenvalue weighted by Gasteiger charge is -2.32. The van der Waals surface area contributed by atoms with Crippen LogP contribution >= 0.6 is 11.6 Å². The van der Waals surface area contributed by atoms with Crippen molar-refractivity contribution in [2.24, 2.45) is 17.8 Å². The molecule has 6 nitrogen and oxygen atoms in total. The molecule has 156 valence electrons. The second kappa shape index (κ2) is 8.48. The highest BCUT2D eigenvalue weighted by Crippen LogP contribution is 2.49. The van der Waals surface area contributed by atoms with Crippen molar-refractivity contribution < 1.29 is 8.42 Å². The Balaban J connectivity index is 1.20. The molecule has 0 spiro atoms. The van der Waals surface area contributed by atoms with Crippen molar-refractivity contribution in [3.05, 3.63) is 41.7 Å². The van der Waals surface area contributed by atoms with Crippen LogP contribution < -0.4 is 10.2 Å². The molecule has 1 saturated heterocycles. The number of benzene rings is 1. The first-order valence-electron chi connectivity index (χ1n) is 10.2. The fourth-order valence-electron chi connectivity index (χ4n) is 4.42. The number of nitrogens with one attached hydrogen (secondary N) is 1. The molecule has 4 rings (SSSR count). The highest BCUT2D eigenvalue weighted by Gasteiger charge is 2.43. The van der Waals surface area contributed by atoms with Gasteiger partial charge in [0, 0.05) is 31.6 Å². The first-order chi connectivity index (χ1) is 13.9. The summed E-state index contributed by atoms with van der Waals surface area (Å²) in [6.45, 7) is 2.89. The average molecular weight is 435 g/mol. The normalized spacial score (nSPS) is 22.5. The standard InChI is InChI=1S/C21H27ClN4O2S/c1-29(27,28)19-4-2-3-18(12-19)23-8-5-16-11-20(16)15-6-9-26(10-7-15)21-24-13-17(22)14-25-21/h2-4,12-16,20,23H,5-11H2,1H3/t16-,20-/m1/s1. The second-order valence-corrected chi connectivity index (χ2v) is 10.7. The molecule has 0 radical (unpaired) electrons. The van der Waals surface area contributed by atoms with E-state index in [9.17, 15) is 8.42 Å². The maximum Gasteiger partial charge on any atom is 0.225 e. The first-order valence-corrected chi connectivity index (χ1v) is 12.4. The Kier molecular flexibility index (Phi) is 5.97. The molecular formula is C21H27ClN4O2S. The summed E-state index contributed by atoms with van der Waals surface area (Å²) < 4.78 is 23.4. The lowest BCUT2D eigenvalue weighted by atomic mass is 9.90. The van der Waals surface area contributed by atoms with E-state index < -0.39 is 9.84 Å². The summed E-state index contributed by atoms with van der Waals surface area (Å²) in [7, 11) is -3.16. The molecular weight excluding hydrogens is 408 g/mol. The zero-order valence-corrected chi connectivity index (χ0v) is 18.2. The molecule has 1 N–H and O–H groups in total. The molecule has 2 heterocycles. The minimum atomic E-state index is -3.16. The third kappa shape index (κ3) is 5.20. The molecule has 1 aromatic carbocycles. The van der Waals surface area contributed by atoms with E-state index in [1.54, 1.807) is 30.6 Å². The Morgan fingerprint density at radius 1 is 1.21 bits per heavy atom. The number of sulfone groups is 1. The van der Waals surface area contributed by atoms with E-state index in [2.05, 4.69) is 20.2 Å². The number of aromatic nitrogens is 2. The van der Waals surface area contributed by atoms with E-state index >= 15 is 0 Å². The van der Waals surface area contributed by atoms with E-state index in [0.29, 0.717) is 9.92 Å². The largest absolute Gasteiger partial charge is 0.385 e. The number of halogens is 1. The van der Waals surface area contributed by atoms with Crippen molar-refractivity contribution in [2.75, 3.05) is 36.1 Å². The smallest absolute Gasteiger partial charge is 0.225 e. The number of hydrogen-bond donors (Lipinski definition) is 1. The van der Waals surface area contributed by atoms with Gasteiger partial charge in [0.15, 0.2) is 9.84 Å². The lowest BCUT2D eigenvalue weighted by Crippen LogP contribution is -2.35. The van der Waals surface area contributed by atoms with Gasteiger partial charge in [-0.25, -0.2) is 18.4 Å². The van der Waals surface area contributed by atoms with Crippen LogP contribution in [0.4, 0.5) is 11.6 Å². The van der Waals surface area contributed by atoms with Crippen LogP contribution in [0.1, 0.15) is 25.7 Å². The minimum Gasteiger partial charge on any atom is -0.385 e. The number of rotatable bonds is 7. The van der Waals surface area contributed by atoms with Gasteiger partial charge in [-0.1, -0.05) is 17.7 Å². The Labute approximate surface area is 177 Å². The monoisotopic (exact) mass is 434 g/mol. The molecule has 2 aliphatic rings. The molecule has 2 fully saturated rings. The van der Waals surface area contributed by atoms with E-state index in [0.717, 1.165) is 55.4 Å². The van der Waals surface area contributed by atoms with Gasteiger partial charge < -0.3 is 10.2 Å². The molecule has 1 aliphatic carbocycles. The molecule has 0 unspecified atom stereocenters. The van der Waals surface area contributed by atoms with E-state index in [1.807, 2.05) is 6.07 Å². The van der Waals surface area contributed by atoms with Crippen molar-refractivity contribution in [3.8, 4) is 0 Å². The van der Waals surface area contributed by atoms with Gasteiger partial charge in [0.05, 0.1) is 22.3 Å². The Morgan fingerprint density at radius 2 is 1.93 bits per heavy atom. The zero-order valence-electron chi connectivity index (χ0n) is 16.6. The van der Waals surface area contributed by atoms with E-state index in [-0.39, 0.29) is 0 Å². The third-order valence-corrected chi connectivity index (χ3v) is 7.42. The molecule has 1 aromatic heterocycles. The van der Waals surface area contributed by atoms with Gasteiger partial charge in [0.25, 0.3) is 0 Å².